The summed E-state index contributed by atoms with van der Waals surface area (Å²) in [4.78, 5) is 54.7. The standard InChI is InChI=1S/C50H43N9O6S3/c1-64-55-40(39-32-68-48(51-39)53-50(36-21-11-4-12-22-36,37-23-13-5-14-24-37)38-25-15-6-16-26-38)44(61)52-41-45(62)59-42(35(31-67-46(41)59)27-30-66-49-54-56-57-58(49)28-29-60)47(63)65-43(33-17-7-2-8-18-33)34-19-9-3-10-20-34/h2-27,30,32,41,43,46,60H,28-29,31H2,1H3,(H,51,53)(H,52,61)/b30-27+,55-40-. The lowest BCUT2D eigenvalue weighted by Crippen LogP contribution is -2.71. The number of hydrogen-bond donors (Lipinski definition) is 3. The van der Waals surface area contributed by atoms with E-state index in [2.05, 4.69) is 67.7 Å². The first-order chi connectivity index (χ1) is 33.4. The average Bonchev–Trinajstić information content (AvgIpc) is 4.06. The van der Waals surface area contributed by atoms with Crippen molar-refractivity contribution in [1.29, 1.82) is 0 Å². The van der Waals surface area contributed by atoms with Crippen molar-refractivity contribution in [2.24, 2.45) is 5.16 Å². The van der Waals surface area contributed by atoms with Crippen molar-refractivity contribution in [3.63, 3.8) is 0 Å². The first-order valence-electron chi connectivity index (χ1n) is 21.4. The largest absolute Gasteiger partial charge is 0.448 e. The number of oxime groups is 1. The Labute approximate surface area is 404 Å². The zero-order chi connectivity index (χ0) is 46.9. The Morgan fingerprint density at radius 3 is 2.01 bits per heavy atom. The Hall–Kier alpha value is -7.38. The van der Waals surface area contributed by atoms with Crippen molar-refractivity contribution < 1.29 is 29.1 Å². The Morgan fingerprint density at radius 1 is 0.882 bits per heavy atom. The summed E-state index contributed by atoms with van der Waals surface area (Å²) in [7, 11) is 1.33. The number of aromatic nitrogens is 5. The molecule has 2 aliphatic heterocycles. The van der Waals surface area contributed by atoms with E-state index < -0.39 is 40.8 Å². The minimum atomic E-state index is -1.03. The number of fused-ring (bicyclic) bond motifs is 1. The maximum atomic E-state index is 14.6. The molecule has 0 bridgehead atoms. The number of anilines is 1. The number of esters is 1. The van der Waals surface area contributed by atoms with Gasteiger partial charge in [-0.15, -0.1) is 28.2 Å². The van der Waals surface area contributed by atoms with Gasteiger partial charge in [0.05, 0.1) is 13.2 Å². The second-order valence-corrected chi connectivity index (χ2v) is 18.1. The van der Waals surface area contributed by atoms with Crippen LogP contribution in [0.4, 0.5) is 5.13 Å². The van der Waals surface area contributed by atoms with Crippen LogP contribution in [0.3, 0.4) is 0 Å². The minimum absolute atomic E-state index is 0.0487. The first-order valence-corrected chi connectivity index (χ1v) is 24.2. The van der Waals surface area contributed by atoms with Crippen LogP contribution >= 0.6 is 34.9 Å². The Balaban J connectivity index is 0.988. The highest BCUT2D eigenvalue weighted by Gasteiger charge is 2.55. The van der Waals surface area contributed by atoms with E-state index in [1.165, 1.54) is 51.6 Å². The van der Waals surface area contributed by atoms with Crippen LogP contribution in [-0.4, -0.2) is 89.6 Å². The predicted molar refractivity (Wildman–Crippen MR) is 261 cm³/mol. The molecular weight excluding hydrogens is 919 g/mol. The van der Waals surface area contributed by atoms with Gasteiger partial charge in [-0.1, -0.05) is 169 Å². The summed E-state index contributed by atoms with van der Waals surface area (Å²) in [5, 5.41) is 35.5. The molecule has 7 aromatic rings. The molecule has 1 fully saturated rings. The summed E-state index contributed by atoms with van der Waals surface area (Å²) in [6, 6.07) is 47.9. The number of nitrogens with zero attached hydrogens (tertiary/aromatic N) is 7. The third kappa shape index (κ3) is 9.44. The monoisotopic (exact) mass is 961 g/mol. The molecule has 15 nitrogen and oxygen atoms in total. The molecule has 5 aromatic carbocycles. The second-order valence-electron chi connectivity index (χ2n) is 15.3. The van der Waals surface area contributed by atoms with Crippen molar-refractivity contribution >= 4 is 63.5 Å². The Kier molecular flexibility index (Phi) is 14.2. The quantitative estimate of drug-likeness (QED) is 0.0197. The molecule has 9 rings (SSSR count). The van der Waals surface area contributed by atoms with Crippen LogP contribution < -0.4 is 10.6 Å². The fraction of sp³-hybridized carbons (Fsp3) is 0.160. The SMILES string of the molecule is CO/N=C(\C(=O)NC1C(=O)N2C(C(=O)OC(c3ccccc3)c3ccccc3)=C(/C=C/Sc3nnnn3CCO)CSC12)c1csc(NC(c2ccccc2)(c2ccccc2)c2ccccc2)n1. The molecule has 0 radical (unpaired) electrons. The summed E-state index contributed by atoms with van der Waals surface area (Å²) >= 11 is 3.87. The van der Waals surface area contributed by atoms with Gasteiger partial charge in [0.25, 0.3) is 11.8 Å². The molecule has 3 N–H and O–H groups in total. The fourth-order valence-electron chi connectivity index (χ4n) is 8.09. The number of aliphatic hydroxyl groups is 1. The zero-order valence-electron chi connectivity index (χ0n) is 36.4. The van der Waals surface area contributed by atoms with E-state index in [1.807, 2.05) is 115 Å². The molecule has 2 unspecified atom stereocenters. The predicted octanol–water partition coefficient (Wildman–Crippen LogP) is 7.17. The summed E-state index contributed by atoms with van der Waals surface area (Å²) in [6.45, 7) is 0.0471. The molecule has 0 spiro atoms. The number of aliphatic hydroxyl groups excluding tert-OH is 1. The summed E-state index contributed by atoms with van der Waals surface area (Å²) in [6.07, 6.45) is 0.935. The summed E-state index contributed by atoms with van der Waals surface area (Å²) in [5.41, 5.74) is 4.19. The molecule has 18 heteroatoms. The number of rotatable bonds is 18. The molecule has 2 aromatic heterocycles. The van der Waals surface area contributed by atoms with Crippen LogP contribution in [0, 0.1) is 0 Å². The van der Waals surface area contributed by atoms with Crippen molar-refractivity contribution in [2.45, 2.75) is 34.8 Å². The lowest BCUT2D eigenvalue weighted by molar-refractivity contribution is -0.154. The molecule has 2 aliphatic rings. The van der Waals surface area contributed by atoms with E-state index in [0.717, 1.165) is 27.8 Å². The molecule has 0 aliphatic carbocycles. The van der Waals surface area contributed by atoms with Crippen molar-refractivity contribution in [2.75, 3.05) is 24.8 Å². The van der Waals surface area contributed by atoms with E-state index in [0.29, 0.717) is 15.9 Å². The number of nitrogens with one attached hydrogen (secondary N) is 2. The van der Waals surface area contributed by atoms with E-state index in [9.17, 15) is 19.5 Å². The molecular formula is C50H43N9O6S3. The number of ether oxygens (including phenoxy) is 1. The fourth-order valence-corrected chi connectivity index (χ4v) is 10.8. The van der Waals surface area contributed by atoms with Crippen molar-refractivity contribution in [3.05, 3.63) is 213 Å². The van der Waals surface area contributed by atoms with Crippen LogP contribution in [-0.2, 0) is 36.0 Å². The van der Waals surface area contributed by atoms with Gasteiger partial charge in [0, 0.05) is 11.1 Å². The number of thioether (sulfide) groups is 2. The van der Waals surface area contributed by atoms with Gasteiger partial charge >= 0.3 is 5.97 Å². The highest BCUT2D eigenvalue weighted by atomic mass is 32.2. The third-order valence-corrected chi connectivity index (χ3v) is 14.1. The Morgan fingerprint density at radius 2 is 1.46 bits per heavy atom. The second kappa shape index (κ2) is 21.1. The first kappa shape index (κ1) is 45.8. The molecule has 2 atom stereocenters. The number of thiazole rings is 1. The maximum absolute atomic E-state index is 14.6. The number of amides is 2. The number of benzene rings is 5. The number of allylic oxidation sites excluding steroid dienone is 1. The highest BCUT2D eigenvalue weighted by molar-refractivity contribution is 8.02. The summed E-state index contributed by atoms with van der Waals surface area (Å²) < 4.78 is 7.78. The number of tetrazole rings is 1. The van der Waals surface area contributed by atoms with Crippen LogP contribution in [0.5, 0.6) is 0 Å². The van der Waals surface area contributed by atoms with Crippen LogP contribution in [0.15, 0.2) is 190 Å². The van der Waals surface area contributed by atoms with E-state index in [-0.39, 0.29) is 36.0 Å². The molecule has 2 amide bonds. The minimum Gasteiger partial charge on any atom is -0.448 e. The van der Waals surface area contributed by atoms with Gasteiger partial charge in [-0.05, 0) is 55.3 Å². The summed E-state index contributed by atoms with van der Waals surface area (Å²) in [5.74, 6) is -1.63. The molecule has 1 saturated heterocycles. The zero-order valence-corrected chi connectivity index (χ0v) is 38.8. The highest BCUT2D eigenvalue weighted by Crippen LogP contribution is 2.43. The average molecular weight is 962 g/mol. The van der Waals surface area contributed by atoms with Gasteiger partial charge in [0.2, 0.25) is 5.16 Å². The van der Waals surface area contributed by atoms with Gasteiger partial charge in [0.15, 0.2) is 16.9 Å². The number of carbonyl (C=O) groups is 3. The van der Waals surface area contributed by atoms with Crippen molar-refractivity contribution in [3.8, 4) is 0 Å². The van der Waals surface area contributed by atoms with Crippen LogP contribution in [0.25, 0.3) is 0 Å². The molecule has 342 valence electrons. The number of carbonyl (C=O) groups excluding carboxylic acids is 3. The van der Waals surface area contributed by atoms with Crippen molar-refractivity contribution in [1.82, 2.24) is 35.4 Å². The van der Waals surface area contributed by atoms with Crippen LogP contribution in [0.1, 0.15) is 39.6 Å². The van der Waals surface area contributed by atoms with Gasteiger partial charge in [-0.25, -0.2) is 14.5 Å². The lowest BCUT2D eigenvalue weighted by Gasteiger charge is -2.49. The van der Waals surface area contributed by atoms with Gasteiger partial charge in [-0.3, -0.25) is 14.5 Å². The maximum Gasteiger partial charge on any atom is 0.356 e. The topological polar surface area (TPSA) is 186 Å². The number of hydrogen-bond acceptors (Lipinski definition) is 15. The molecule has 4 heterocycles. The Bertz CT molecular complexity index is 2820. The van der Waals surface area contributed by atoms with E-state index in [4.69, 9.17) is 14.6 Å². The third-order valence-electron chi connectivity index (χ3n) is 11.2. The van der Waals surface area contributed by atoms with Gasteiger partial charge < -0.3 is 25.3 Å². The lowest BCUT2D eigenvalue weighted by atomic mass is 9.77. The van der Waals surface area contributed by atoms with Gasteiger partial charge in [-0.2, -0.15) is 0 Å². The molecule has 68 heavy (non-hydrogen) atoms. The molecule has 0 saturated carbocycles. The van der Waals surface area contributed by atoms with E-state index >= 15 is 0 Å². The number of β-lactam (4-membered cyclic amide) rings is 1. The smallest absolute Gasteiger partial charge is 0.356 e. The van der Waals surface area contributed by atoms with E-state index in [1.54, 1.807) is 16.9 Å². The van der Waals surface area contributed by atoms with Gasteiger partial charge in [0.1, 0.15) is 35.5 Å². The normalized spacial score (nSPS) is 16.1. The van der Waals surface area contributed by atoms with Crippen LogP contribution in [0.2, 0.25) is 0 Å².